The van der Waals surface area contributed by atoms with E-state index in [0.29, 0.717) is 35.0 Å². The third-order valence-corrected chi connectivity index (χ3v) is 5.15. The van der Waals surface area contributed by atoms with Crippen LogP contribution < -0.4 is 25.1 Å². The van der Waals surface area contributed by atoms with Crippen LogP contribution in [0.5, 0.6) is 17.2 Å². The number of ether oxygens (including phenoxy) is 3. The Morgan fingerprint density at radius 3 is 2.43 bits per heavy atom. The first kappa shape index (κ1) is 23.6. The van der Waals surface area contributed by atoms with Crippen molar-refractivity contribution >= 4 is 17.5 Å². The molecule has 9 heteroatoms. The third-order valence-electron chi connectivity index (χ3n) is 5.15. The highest BCUT2D eigenvalue weighted by molar-refractivity contribution is 5.99. The Bertz CT molecular complexity index is 1370. The van der Waals surface area contributed by atoms with Gasteiger partial charge in [0.05, 0.1) is 19.4 Å². The summed E-state index contributed by atoms with van der Waals surface area (Å²) in [5.74, 6) is 0.495. The number of carbonyl (C=O) groups is 2. The molecule has 4 rings (SSSR count). The van der Waals surface area contributed by atoms with Crippen molar-refractivity contribution in [3.8, 4) is 17.2 Å². The number of benzene rings is 2. The van der Waals surface area contributed by atoms with Crippen LogP contribution in [0.4, 0.5) is 0 Å². The van der Waals surface area contributed by atoms with Gasteiger partial charge in [-0.2, -0.15) is 0 Å². The second-order valence-electron chi connectivity index (χ2n) is 7.73. The Hall–Kier alpha value is -4.53. The largest absolute Gasteiger partial charge is 0.493 e. The molecule has 0 saturated heterocycles. The minimum Gasteiger partial charge on any atom is -0.493 e. The lowest BCUT2D eigenvalue weighted by molar-refractivity contribution is 0.0846. The number of hydrogen-bond donors (Lipinski definition) is 2. The van der Waals surface area contributed by atoms with Gasteiger partial charge in [-0.1, -0.05) is 12.1 Å². The maximum absolute atomic E-state index is 12.6. The van der Waals surface area contributed by atoms with Crippen molar-refractivity contribution < 1.29 is 23.8 Å². The van der Waals surface area contributed by atoms with Crippen molar-refractivity contribution in [3.63, 3.8) is 0 Å². The van der Waals surface area contributed by atoms with Gasteiger partial charge in [0.25, 0.3) is 11.8 Å². The van der Waals surface area contributed by atoms with E-state index in [0.717, 1.165) is 16.9 Å². The van der Waals surface area contributed by atoms with Crippen LogP contribution in [0.1, 0.15) is 38.9 Å². The van der Waals surface area contributed by atoms with E-state index >= 15 is 0 Å². The van der Waals surface area contributed by atoms with Crippen LogP contribution in [-0.4, -0.2) is 34.9 Å². The summed E-state index contributed by atoms with van der Waals surface area (Å²) in [6.07, 6.45) is 3.90. The minimum absolute atomic E-state index is 0.252. The maximum atomic E-state index is 12.6. The molecule has 2 heterocycles. The Morgan fingerprint density at radius 2 is 1.69 bits per heavy atom. The molecule has 0 radical (unpaired) electrons. The molecule has 4 aromatic rings. The molecule has 0 atom stereocenters. The van der Waals surface area contributed by atoms with E-state index in [1.165, 1.54) is 7.11 Å². The predicted octanol–water partition coefficient (Wildman–Crippen LogP) is 3.70. The molecule has 0 aliphatic heterocycles. The third kappa shape index (κ3) is 5.70. The summed E-state index contributed by atoms with van der Waals surface area (Å²) >= 11 is 0. The number of nitrogens with one attached hydrogen (secondary N) is 2. The van der Waals surface area contributed by atoms with Crippen molar-refractivity contribution in [2.24, 2.45) is 0 Å². The molecule has 0 saturated carbocycles. The van der Waals surface area contributed by atoms with E-state index < -0.39 is 11.8 Å². The molecule has 0 bridgehead atoms. The number of hydrazine groups is 1. The predicted molar refractivity (Wildman–Crippen MR) is 130 cm³/mol. The van der Waals surface area contributed by atoms with E-state index in [4.69, 9.17) is 14.2 Å². The number of hydrogen-bond acceptors (Lipinski definition) is 6. The normalized spacial score (nSPS) is 10.6. The first-order valence-electron chi connectivity index (χ1n) is 11.1. The van der Waals surface area contributed by atoms with Crippen LogP contribution in [0, 0.1) is 6.92 Å². The van der Waals surface area contributed by atoms with Gasteiger partial charge >= 0.3 is 0 Å². The zero-order chi connectivity index (χ0) is 24.8. The first-order chi connectivity index (χ1) is 17.0. The molecule has 9 nitrogen and oxygen atoms in total. The Kier molecular flexibility index (Phi) is 7.15. The summed E-state index contributed by atoms with van der Waals surface area (Å²) < 4.78 is 18.5. The molecule has 180 valence electrons. The molecule has 35 heavy (non-hydrogen) atoms. The highest BCUT2D eigenvalue weighted by atomic mass is 16.5. The van der Waals surface area contributed by atoms with Crippen LogP contribution in [0.2, 0.25) is 0 Å². The summed E-state index contributed by atoms with van der Waals surface area (Å²) in [5, 5.41) is 0. The number of imidazole rings is 1. The second kappa shape index (κ2) is 10.6. The zero-order valence-corrected chi connectivity index (χ0v) is 19.7. The molecular weight excluding hydrogens is 448 g/mol. The molecule has 0 spiro atoms. The van der Waals surface area contributed by atoms with E-state index in [1.54, 1.807) is 42.5 Å². The van der Waals surface area contributed by atoms with Crippen molar-refractivity contribution in [2.45, 2.75) is 20.5 Å². The summed E-state index contributed by atoms with van der Waals surface area (Å²) in [4.78, 5) is 29.6. The second-order valence-corrected chi connectivity index (χ2v) is 7.73. The monoisotopic (exact) mass is 474 g/mol. The van der Waals surface area contributed by atoms with Crippen molar-refractivity contribution in [1.29, 1.82) is 0 Å². The summed E-state index contributed by atoms with van der Waals surface area (Å²) in [5.41, 5.74) is 8.20. The fourth-order valence-corrected chi connectivity index (χ4v) is 3.45. The number of fused-ring (bicyclic) bond motifs is 1. The summed E-state index contributed by atoms with van der Waals surface area (Å²) in [6, 6.07) is 15.4. The molecule has 0 unspecified atom stereocenters. The van der Waals surface area contributed by atoms with Crippen molar-refractivity contribution in [3.05, 3.63) is 89.4 Å². The maximum Gasteiger partial charge on any atom is 0.269 e. The number of aromatic nitrogens is 2. The quantitative estimate of drug-likeness (QED) is 0.378. The van der Waals surface area contributed by atoms with Crippen LogP contribution >= 0.6 is 0 Å². The number of methoxy groups -OCH3 is 1. The number of nitrogens with zero attached hydrogens (tertiary/aromatic N) is 2. The number of amides is 2. The average Bonchev–Trinajstić information content (AvgIpc) is 3.28. The van der Waals surface area contributed by atoms with Crippen LogP contribution in [0.15, 0.2) is 67.0 Å². The zero-order valence-electron chi connectivity index (χ0n) is 19.7. The molecule has 0 aliphatic rings. The Balaban J connectivity index is 1.35. The lowest BCUT2D eigenvalue weighted by Crippen LogP contribution is -2.41. The number of carbonyl (C=O) groups excluding carboxylic acids is 2. The van der Waals surface area contributed by atoms with Gasteiger partial charge in [0.1, 0.15) is 18.0 Å². The lowest BCUT2D eigenvalue weighted by atomic mass is 10.2. The topological polar surface area (TPSA) is 103 Å². The minimum atomic E-state index is -0.491. The van der Waals surface area contributed by atoms with Gasteiger partial charge in [-0.05, 0) is 61.9 Å². The highest BCUT2D eigenvalue weighted by Crippen LogP contribution is 2.28. The van der Waals surface area contributed by atoms with Gasteiger partial charge in [-0.15, -0.1) is 0 Å². The smallest absolute Gasteiger partial charge is 0.269 e. The van der Waals surface area contributed by atoms with Gasteiger partial charge < -0.3 is 18.6 Å². The Morgan fingerprint density at radius 1 is 0.914 bits per heavy atom. The molecule has 2 aromatic heterocycles. The van der Waals surface area contributed by atoms with E-state index in [9.17, 15) is 9.59 Å². The standard InChI is InChI=1S/C26H26N4O5/c1-4-34-22-10-9-19(13-23(22)33-3)26(32)29-28-25(31)18-6-5-7-21(12-18)35-16-20-15-30-14-17(2)8-11-24(30)27-20/h5-15H,4,16H2,1-3H3,(H,28,31)(H,29,32). The molecule has 2 amide bonds. The van der Waals surface area contributed by atoms with Crippen molar-refractivity contribution in [2.75, 3.05) is 13.7 Å². The number of rotatable bonds is 8. The first-order valence-corrected chi connectivity index (χ1v) is 11.1. The fourth-order valence-electron chi connectivity index (χ4n) is 3.45. The SMILES string of the molecule is CCOc1ccc(C(=O)NNC(=O)c2cccc(OCc3cn4cc(C)ccc4n3)c2)cc1OC. The number of aryl methyl sites for hydroxylation is 1. The molecule has 0 aliphatic carbocycles. The average molecular weight is 475 g/mol. The van der Waals surface area contributed by atoms with Crippen LogP contribution in [0.25, 0.3) is 5.65 Å². The fraction of sp³-hybridized carbons (Fsp3) is 0.192. The highest BCUT2D eigenvalue weighted by Gasteiger charge is 2.13. The van der Waals surface area contributed by atoms with E-state index in [-0.39, 0.29) is 6.61 Å². The van der Waals surface area contributed by atoms with Gasteiger partial charge in [-0.3, -0.25) is 20.4 Å². The van der Waals surface area contributed by atoms with E-state index in [1.807, 2.05) is 42.8 Å². The number of pyridine rings is 1. The van der Waals surface area contributed by atoms with Crippen molar-refractivity contribution in [1.82, 2.24) is 20.2 Å². The van der Waals surface area contributed by atoms with Gasteiger partial charge in [0.2, 0.25) is 0 Å². The summed E-state index contributed by atoms with van der Waals surface area (Å²) in [6.45, 7) is 4.60. The Labute approximate surface area is 202 Å². The van der Waals surface area contributed by atoms with Gasteiger partial charge in [-0.25, -0.2) is 4.98 Å². The molecule has 2 N–H and O–H groups in total. The van der Waals surface area contributed by atoms with Gasteiger partial charge in [0, 0.05) is 23.5 Å². The molecule has 2 aromatic carbocycles. The van der Waals surface area contributed by atoms with Gasteiger partial charge in [0.15, 0.2) is 11.5 Å². The molecule has 0 fully saturated rings. The van der Waals surface area contributed by atoms with Crippen LogP contribution in [0.3, 0.4) is 0 Å². The van der Waals surface area contributed by atoms with Crippen LogP contribution in [-0.2, 0) is 6.61 Å². The lowest BCUT2D eigenvalue weighted by Gasteiger charge is -2.12. The molecular formula is C26H26N4O5. The van der Waals surface area contributed by atoms with E-state index in [2.05, 4.69) is 15.8 Å². The summed E-state index contributed by atoms with van der Waals surface area (Å²) in [7, 11) is 1.49.